The number of hydrogen-bond donors (Lipinski definition) is 2. The van der Waals surface area contributed by atoms with Crippen LogP contribution in [-0.2, 0) is 6.61 Å². The zero-order valence-corrected chi connectivity index (χ0v) is 10.5. The minimum absolute atomic E-state index is 0.0143. The van der Waals surface area contributed by atoms with Crippen molar-refractivity contribution in [2.24, 2.45) is 0 Å². The van der Waals surface area contributed by atoms with Crippen LogP contribution in [0.2, 0.25) is 0 Å². The van der Waals surface area contributed by atoms with Crippen LogP contribution in [0.3, 0.4) is 0 Å². The van der Waals surface area contributed by atoms with E-state index in [-0.39, 0.29) is 12.3 Å². The monoisotopic (exact) mass is 268 g/mol. The summed E-state index contributed by atoms with van der Waals surface area (Å²) in [4.78, 5) is 13.6. The molecule has 0 bridgehead atoms. The molecule has 5 nitrogen and oxygen atoms in total. The summed E-state index contributed by atoms with van der Waals surface area (Å²) in [5.41, 5.74) is 3.56. The molecule has 0 amide bonds. The van der Waals surface area contributed by atoms with E-state index in [1.165, 1.54) is 6.07 Å². The number of hydrogen-bond acceptors (Lipinski definition) is 3. The molecule has 0 spiro atoms. The van der Waals surface area contributed by atoms with Gasteiger partial charge in [-0.3, -0.25) is 10.1 Å². The van der Waals surface area contributed by atoms with Gasteiger partial charge in [0.2, 0.25) is 0 Å². The zero-order chi connectivity index (χ0) is 14.1. The molecular formula is C15H12N2O3. The highest BCUT2D eigenvalue weighted by molar-refractivity contribution is 5.87. The van der Waals surface area contributed by atoms with Crippen molar-refractivity contribution >= 4 is 16.6 Å². The topological polar surface area (TPSA) is 79.2 Å². The first kappa shape index (κ1) is 12.4. The molecule has 20 heavy (non-hydrogen) atoms. The summed E-state index contributed by atoms with van der Waals surface area (Å²) in [7, 11) is 0. The van der Waals surface area contributed by atoms with E-state index in [9.17, 15) is 10.1 Å². The fraction of sp³-hybridized carbons (Fsp3) is 0.0667. The number of nitrogens with zero attached hydrogens (tertiary/aromatic N) is 1. The predicted octanol–water partition coefficient (Wildman–Crippen LogP) is 3.24. The second kappa shape index (κ2) is 4.79. The van der Waals surface area contributed by atoms with E-state index >= 15 is 0 Å². The van der Waals surface area contributed by atoms with Gasteiger partial charge >= 0.3 is 0 Å². The summed E-state index contributed by atoms with van der Waals surface area (Å²) in [6, 6.07) is 14.1. The van der Waals surface area contributed by atoms with Gasteiger partial charge in [-0.15, -0.1) is 0 Å². The van der Waals surface area contributed by atoms with Crippen molar-refractivity contribution in [1.82, 2.24) is 4.98 Å². The third-order valence-electron chi connectivity index (χ3n) is 3.24. The van der Waals surface area contributed by atoms with Gasteiger partial charge in [0.25, 0.3) is 5.69 Å². The van der Waals surface area contributed by atoms with Gasteiger partial charge < -0.3 is 10.1 Å². The van der Waals surface area contributed by atoms with Crippen LogP contribution >= 0.6 is 0 Å². The van der Waals surface area contributed by atoms with Gasteiger partial charge in [0.1, 0.15) is 0 Å². The molecular weight excluding hydrogens is 256 g/mol. The van der Waals surface area contributed by atoms with Crippen LogP contribution in [0.15, 0.2) is 48.5 Å². The Morgan fingerprint density at radius 3 is 2.75 bits per heavy atom. The normalized spacial score (nSPS) is 10.8. The van der Waals surface area contributed by atoms with Gasteiger partial charge in [0, 0.05) is 28.7 Å². The highest BCUT2D eigenvalue weighted by Gasteiger charge is 2.09. The third-order valence-corrected chi connectivity index (χ3v) is 3.24. The van der Waals surface area contributed by atoms with E-state index in [4.69, 9.17) is 5.11 Å². The van der Waals surface area contributed by atoms with Gasteiger partial charge in [-0.05, 0) is 29.3 Å². The van der Waals surface area contributed by atoms with Crippen LogP contribution < -0.4 is 0 Å². The van der Waals surface area contributed by atoms with E-state index in [1.54, 1.807) is 12.1 Å². The molecule has 0 aliphatic carbocycles. The molecule has 3 aromatic rings. The van der Waals surface area contributed by atoms with Crippen LogP contribution in [-0.4, -0.2) is 15.0 Å². The highest BCUT2D eigenvalue weighted by atomic mass is 16.6. The van der Waals surface area contributed by atoms with Gasteiger partial charge in [-0.1, -0.05) is 18.2 Å². The molecule has 100 valence electrons. The molecule has 0 unspecified atom stereocenters. The summed E-state index contributed by atoms with van der Waals surface area (Å²) in [5.74, 6) is 0. The smallest absolute Gasteiger partial charge is 0.270 e. The first-order valence-electron chi connectivity index (χ1n) is 6.15. The lowest BCUT2D eigenvalue weighted by molar-refractivity contribution is -0.384. The van der Waals surface area contributed by atoms with Crippen molar-refractivity contribution < 1.29 is 10.0 Å². The number of aliphatic hydroxyl groups is 1. The number of H-pyrrole nitrogens is 1. The second-order valence-corrected chi connectivity index (χ2v) is 4.57. The highest BCUT2D eigenvalue weighted by Crippen LogP contribution is 2.27. The first-order valence-corrected chi connectivity index (χ1v) is 6.15. The van der Waals surface area contributed by atoms with Crippen molar-refractivity contribution in [3.8, 4) is 11.3 Å². The largest absolute Gasteiger partial charge is 0.392 e. The number of aromatic nitrogens is 1. The molecule has 0 saturated heterocycles. The Labute approximate surface area is 114 Å². The lowest BCUT2D eigenvalue weighted by Gasteiger charge is -2.00. The molecule has 2 aromatic carbocycles. The fourth-order valence-electron chi connectivity index (χ4n) is 2.23. The van der Waals surface area contributed by atoms with Crippen LogP contribution in [0.5, 0.6) is 0 Å². The number of nitro groups is 1. The number of aliphatic hydroxyl groups excluding tert-OH is 1. The zero-order valence-electron chi connectivity index (χ0n) is 10.5. The minimum Gasteiger partial charge on any atom is -0.392 e. The average molecular weight is 268 g/mol. The van der Waals surface area contributed by atoms with Gasteiger partial charge in [0.05, 0.1) is 11.5 Å². The Balaban J connectivity index is 2.10. The van der Waals surface area contributed by atoms with Crippen molar-refractivity contribution in [2.45, 2.75) is 6.61 Å². The van der Waals surface area contributed by atoms with Crippen LogP contribution in [0.4, 0.5) is 5.69 Å². The summed E-state index contributed by atoms with van der Waals surface area (Å²) in [6.07, 6.45) is 0. The van der Waals surface area contributed by atoms with E-state index in [0.29, 0.717) is 0 Å². The molecule has 0 atom stereocenters. The number of nitrogens with one attached hydrogen (secondary N) is 1. The van der Waals surface area contributed by atoms with Crippen molar-refractivity contribution in [3.63, 3.8) is 0 Å². The lowest BCUT2D eigenvalue weighted by Crippen LogP contribution is -1.86. The lowest BCUT2D eigenvalue weighted by atomic mass is 10.1. The number of aromatic amines is 1. The van der Waals surface area contributed by atoms with Crippen LogP contribution in [0.25, 0.3) is 22.2 Å². The number of rotatable bonds is 3. The Hall–Kier alpha value is -2.66. The molecule has 0 aliphatic rings. The summed E-state index contributed by atoms with van der Waals surface area (Å²) in [5, 5.41) is 20.7. The summed E-state index contributed by atoms with van der Waals surface area (Å²) < 4.78 is 0. The van der Waals surface area contributed by atoms with E-state index < -0.39 is 4.92 Å². The maximum Gasteiger partial charge on any atom is 0.270 e. The Kier molecular flexibility index (Phi) is 2.96. The molecule has 5 heteroatoms. The Bertz CT molecular complexity index is 793. The third kappa shape index (κ3) is 2.15. The van der Waals surface area contributed by atoms with Crippen molar-refractivity contribution in [3.05, 3.63) is 64.2 Å². The van der Waals surface area contributed by atoms with Crippen molar-refractivity contribution in [2.75, 3.05) is 0 Å². The predicted molar refractivity (Wildman–Crippen MR) is 76.3 cm³/mol. The molecule has 1 aromatic heterocycles. The molecule has 0 fully saturated rings. The quantitative estimate of drug-likeness (QED) is 0.565. The number of nitro benzene ring substituents is 1. The maximum absolute atomic E-state index is 10.8. The Morgan fingerprint density at radius 2 is 2.00 bits per heavy atom. The molecule has 2 N–H and O–H groups in total. The summed E-state index contributed by atoms with van der Waals surface area (Å²) >= 11 is 0. The minimum atomic E-state index is -0.404. The van der Waals surface area contributed by atoms with Crippen LogP contribution in [0, 0.1) is 10.1 Å². The van der Waals surface area contributed by atoms with E-state index in [1.807, 2.05) is 30.3 Å². The van der Waals surface area contributed by atoms with Crippen molar-refractivity contribution in [1.29, 1.82) is 0 Å². The summed E-state index contributed by atoms with van der Waals surface area (Å²) in [6.45, 7) is -0.0143. The first-order chi connectivity index (χ1) is 9.67. The number of benzene rings is 2. The standard InChI is InChI=1S/C15H12N2O3/c18-9-10-2-1-3-11(6-10)15-8-12-7-13(17(19)20)4-5-14(12)16-15/h1-8,16,18H,9H2. The van der Waals surface area contributed by atoms with E-state index in [2.05, 4.69) is 4.98 Å². The maximum atomic E-state index is 10.8. The fourth-order valence-corrected chi connectivity index (χ4v) is 2.23. The van der Waals surface area contributed by atoms with Gasteiger partial charge in [-0.25, -0.2) is 0 Å². The van der Waals surface area contributed by atoms with Gasteiger partial charge in [-0.2, -0.15) is 0 Å². The number of non-ortho nitro benzene ring substituents is 1. The SMILES string of the molecule is O=[N+]([O-])c1ccc2[nH]c(-c3cccc(CO)c3)cc2c1. The molecule has 1 heterocycles. The Morgan fingerprint density at radius 1 is 1.15 bits per heavy atom. The number of fused-ring (bicyclic) bond motifs is 1. The second-order valence-electron chi connectivity index (χ2n) is 4.57. The van der Waals surface area contributed by atoms with E-state index in [0.717, 1.165) is 27.7 Å². The van der Waals surface area contributed by atoms with Crippen LogP contribution in [0.1, 0.15) is 5.56 Å². The molecule has 0 radical (unpaired) electrons. The molecule has 0 aliphatic heterocycles. The molecule has 0 saturated carbocycles. The average Bonchev–Trinajstić information content (AvgIpc) is 2.90. The van der Waals surface area contributed by atoms with Gasteiger partial charge in [0.15, 0.2) is 0 Å². The molecule has 3 rings (SSSR count).